The van der Waals surface area contributed by atoms with Crippen molar-refractivity contribution in [2.75, 3.05) is 7.11 Å². The molecule has 1 aliphatic carbocycles. The fourth-order valence-corrected chi connectivity index (χ4v) is 3.86. The minimum Gasteiger partial charge on any atom is -0.496 e. The molecule has 0 radical (unpaired) electrons. The smallest absolute Gasteiger partial charge is 0.314 e. The van der Waals surface area contributed by atoms with Crippen LogP contribution in [0.15, 0.2) is 22.7 Å². The summed E-state index contributed by atoms with van der Waals surface area (Å²) in [5, 5.41) is 10.7. The van der Waals surface area contributed by atoms with Crippen LogP contribution in [0.4, 0.5) is 0 Å². The number of rotatable bonds is 4. The van der Waals surface area contributed by atoms with E-state index in [9.17, 15) is 9.90 Å². The predicted octanol–water partition coefficient (Wildman–Crippen LogP) is 4.72. The molecule has 5 heteroatoms. The zero-order chi connectivity index (χ0) is 18.0. The summed E-state index contributed by atoms with van der Waals surface area (Å²) in [5.74, 6) is 1.31. The molecule has 0 amide bonds. The molecule has 0 spiro atoms. The van der Waals surface area contributed by atoms with Crippen molar-refractivity contribution >= 4 is 21.9 Å². The van der Waals surface area contributed by atoms with Crippen LogP contribution >= 0.6 is 15.9 Å². The first kappa shape index (κ1) is 19.3. The highest BCUT2D eigenvalue weighted by Gasteiger charge is 2.39. The monoisotopic (exact) mass is 398 g/mol. The number of aliphatic hydroxyl groups is 1. The molecule has 0 unspecified atom stereocenters. The molecule has 4 nitrogen and oxygen atoms in total. The van der Waals surface area contributed by atoms with Gasteiger partial charge in [-0.1, -0.05) is 20.8 Å². The van der Waals surface area contributed by atoms with Gasteiger partial charge in [0.05, 0.1) is 23.6 Å². The van der Waals surface area contributed by atoms with E-state index in [0.717, 1.165) is 17.3 Å². The number of carbonyl (C=O) groups excluding carboxylic acids is 1. The first-order valence-electron chi connectivity index (χ1n) is 8.39. The third kappa shape index (κ3) is 4.96. The summed E-state index contributed by atoms with van der Waals surface area (Å²) < 4.78 is 11.2. The third-order valence-electron chi connectivity index (χ3n) is 4.97. The Bertz CT molecular complexity index is 584. The van der Waals surface area contributed by atoms with Gasteiger partial charge in [0.2, 0.25) is 0 Å². The SMILES string of the molecule is COc1ccc(OC(=O)CC2(O)CCC(C(C)(C)C)CC2)cc1Br. The van der Waals surface area contributed by atoms with Gasteiger partial charge in [-0.3, -0.25) is 4.79 Å². The highest BCUT2D eigenvalue weighted by molar-refractivity contribution is 9.10. The summed E-state index contributed by atoms with van der Waals surface area (Å²) in [6, 6.07) is 5.11. The third-order valence-corrected chi connectivity index (χ3v) is 5.59. The second-order valence-corrected chi connectivity index (χ2v) is 8.67. The van der Waals surface area contributed by atoms with Gasteiger partial charge in [-0.05, 0) is 71.1 Å². The molecule has 1 saturated carbocycles. The number of hydrogen-bond donors (Lipinski definition) is 1. The van der Waals surface area contributed by atoms with Gasteiger partial charge in [-0.25, -0.2) is 0 Å². The largest absolute Gasteiger partial charge is 0.496 e. The predicted molar refractivity (Wildman–Crippen MR) is 97.3 cm³/mol. The maximum Gasteiger partial charge on any atom is 0.314 e. The molecule has 1 aromatic rings. The maximum absolute atomic E-state index is 12.2. The number of esters is 1. The van der Waals surface area contributed by atoms with Gasteiger partial charge in [0.1, 0.15) is 11.5 Å². The van der Waals surface area contributed by atoms with Crippen LogP contribution in [-0.2, 0) is 4.79 Å². The van der Waals surface area contributed by atoms with Crippen LogP contribution in [0.25, 0.3) is 0 Å². The fourth-order valence-electron chi connectivity index (χ4n) is 3.34. The average Bonchev–Trinajstić information content (AvgIpc) is 2.46. The Balaban J connectivity index is 1.91. The van der Waals surface area contributed by atoms with Gasteiger partial charge >= 0.3 is 5.97 Å². The molecule has 0 aliphatic heterocycles. The number of ether oxygens (including phenoxy) is 2. The van der Waals surface area contributed by atoms with Crippen molar-refractivity contribution in [2.24, 2.45) is 11.3 Å². The summed E-state index contributed by atoms with van der Waals surface area (Å²) in [7, 11) is 1.58. The van der Waals surface area contributed by atoms with Crippen molar-refractivity contribution in [1.82, 2.24) is 0 Å². The fraction of sp³-hybridized carbons (Fsp3) is 0.632. The van der Waals surface area contributed by atoms with Crippen LogP contribution in [0.5, 0.6) is 11.5 Å². The van der Waals surface area contributed by atoms with E-state index in [1.54, 1.807) is 25.3 Å². The number of halogens is 1. The van der Waals surface area contributed by atoms with E-state index in [4.69, 9.17) is 9.47 Å². The Kier molecular flexibility index (Phi) is 5.97. The Morgan fingerprint density at radius 2 is 1.96 bits per heavy atom. The number of benzene rings is 1. The molecule has 134 valence electrons. The summed E-state index contributed by atoms with van der Waals surface area (Å²) in [6.07, 6.45) is 3.23. The van der Waals surface area contributed by atoms with Crippen LogP contribution < -0.4 is 9.47 Å². The lowest BCUT2D eigenvalue weighted by Gasteiger charge is -2.40. The van der Waals surface area contributed by atoms with Crippen molar-refractivity contribution < 1.29 is 19.4 Å². The summed E-state index contributed by atoms with van der Waals surface area (Å²) in [5.41, 5.74) is -0.695. The van der Waals surface area contributed by atoms with E-state index in [0.29, 0.717) is 30.3 Å². The van der Waals surface area contributed by atoms with E-state index < -0.39 is 11.6 Å². The van der Waals surface area contributed by atoms with Crippen molar-refractivity contribution in [3.8, 4) is 11.5 Å². The first-order chi connectivity index (χ1) is 11.1. The molecule has 2 rings (SSSR count). The summed E-state index contributed by atoms with van der Waals surface area (Å²) in [6.45, 7) is 6.70. The number of carbonyl (C=O) groups is 1. The molecule has 1 N–H and O–H groups in total. The highest BCUT2D eigenvalue weighted by atomic mass is 79.9. The lowest BCUT2D eigenvalue weighted by Crippen LogP contribution is -2.39. The van der Waals surface area contributed by atoms with Gasteiger partial charge in [-0.2, -0.15) is 0 Å². The lowest BCUT2D eigenvalue weighted by molar-refractivity contribution is -0.142. The second kappa shape index (κ2) is 7.44. The van der Waals surface area contributed by atoms with E-state index in [1.807, 2.05) is 0 Å². The Morgan fingerprint density at radius 1 is 1.33 bits per heavy atom. The van der Waals surface area contributed by atoms with E-state index >= 15 is 0 Å². The molecule has 1 aliphatic rings. The Morgan fingerprint density at radius 3 is 2.46 bits per heavy atom. The van der Waals surface area contributed by atoms with Gasteiger partial charge in [-0.15, -0.1) is 0 Å². The molecular weight excluding hydrogens is 372 g/mol. The summed E-state index contributed by atoms with van der Waals surface area (Å²) in [4.78, 5) is 12.2. The normalized spacial score (nSPS) is 24.5. The van der Waals surface area contributed by atoms with Gasteiger partial charge in [0.25, 0.3) is 0 Å². The van der Waals surface area contributed by atoms with E-state index in [2.05, 4.69) is 36.7 Å². The number of hydrogen-bond acceptors (Lipinski definition) is 4. The van der Waals surface area contributed by atoms with E-state index in [1.165, 1.54) is 0 Å². The molecule has 0 atom stereocenters. The molecule has 0 aromatic heterocycles. The van der Waals surface area contributed by atoms with Crippen LogP contribution in [0.3, 0.4) is 0 Å². The zero-order valence-corrected chi connectivity index (χ0v) is 16.5. The van der Waals surface area contributed by atoms with Gasteiger partial charge < -0.3 is 14.6 Å². The van der Waals surface area contributed by atoms with Crippen LogP contribution in [-0.4, -0.2) is 23.8 Å². The zero-order valence-electron chi connectivity index (χ0n) is 14.9. The first-order valence-corrected chi connectivity index (χ1v) is 9.19. The van der Waals surface area contributed by atoms with Gasteiger partial charge in [0.15, 0.2) is 0 Å². The van der Waals surface area contributed by atoms with Crippen molar-refractivity contribution in [3.63, 3.8) is 0 Å². The van der Waals surface area contributed by atoms with E-state index in [-0.39, 0.29) is 11.8 Å². The molecule has 1 aromatic carbocycles. The molecular formula is C19H27BrO4. The molecule has 0 bridgehead atoms. The second-order valence-electron chi connectivity index (χ2n) is 7.81. The van der Waals surface area contributed by atoms with Crippen molar-refractivity contribution in [2.45, 2.75) is 58.5 Å². The minimum absolute atomic E-state index is 0.0352. The standard InChI is InChI=1S/C19H27BrO4/c1-18(2,3)13-7-9-19(22,10-8-13)12-17(21)24-14-5-6-16(23-4)15(20)11-14/h5-6,11,13,22H,7-10,12H2,1-4H3. The van der Waals surface area contributed by atoms with Crippen molar-refractivity contribution in [3.05, 3.63) is 22.7 Å². The topological polar surface area (TPSA) is 55.8 Å². The van der Waals surface area contributed by atoms with Crippen molar-refractivity contribution in [1.29, 1.82) is 0 Å². The Hall–Kier alpha value is -1.07. The molecule has 0 heterocycles. The van der Waals surface area contributed by atoms with Gasteiger partial charge in [0, 0.05) is 0 Å². The molecule has 0 saturated heterocycles. The average molecular weight is 399 g/mol. The number of methoxy groups -OCH3 is 1. The maximum atomic E-state index is 12.2. The lowest BCUT2D eigenvalue weighted by atomic mass is 9.68. The van der Waals surface area contributed by atoms with Crippen LogP contribution in [0, 0.1) is 11.3 Å². The quantitative estimate of drug-likeness (QED) is 0.588. The molecule has 24 heavy (non-hydrogen) atoms. The summed E-state index contributed by atoms with van der Waals surface area (Å²) >= 11 is 3.37. The highest BCUT2D eigenvalue weighted by Crippen LogP contribution is 2.42. The van der Waals surface area contributed by atoms with Crippen LogP contribution in [0.2, 0.25) is 0 Å². The Labute approximate surface area is 152 Å². The minimum atomic E-state index is -0.942. The molecule has 1 fully saturated rings. The van der Waals surface area contributed by atoms with Crippen LogP contribution in [0.1, 0.15) is 52.9 Å².